The van der Waals surface area contributed by atoms with Gasteiger partial charge in [0.05, 0.1) is 6.61 Å². The maximum absolute atomic E-state index is 5.61. The zero-order valence-corrected chi connectivity index (χ0v) is 13.4. The maximum atomic E-state index is 5.61. The van der Waals surface area contributed by atoms with E-state index in [0.29, 0.717) is 11.1 Å². The Labute approximate surface area is 124 Å². The fourth-order valence-electron chi connectivity index (χ4n) is 4.60. The number of ether oxygens (including phenoxy) is 1. The first-order chi connectivity index (χ1) is 9.72. The highest BCUT2D eigenvalue weighted by Crippen LogP contribution is 2.40. The van der Waals surface area contributed by atoms with Crippen LogP contribution in [0, 0.1) is 5.92 Å². The van der Waals surface area contributed by atoms with Gasteiger partial charge in [0.1, 0.15) is 0 Å². The molecule has 0 radical (unpaired) electrons. The first-order valence-electron chi connectivity index (χ1n) is 8.80. The van der Waals surface area contributed by atoms with Crippen molar-refractivity contribution in [2.24, 2.45) is 5.92 Å². The van der Waals surface area contributed by atoms with E-state index in [1.165, 1.54) is 64.6 Å². The zero-order chi connectivity index (χ0) is 14.1. The third-order valence-electron chi connectivity index (χ3n) is 6.35. The van der Waals surface area contributed by atoms with Crippen molar-refractivity contribution in [3.05, 3.63) is 0 Å². The van der Waals surface area contributed by atoms with Gasteiger partial charge < -0.3 is 10.1 Å². The summed E-state index contributed by atoms with van der Waals surface area (Å²) in [6, 6.07) is 0. The van der Waals surface area contributed by atoms with Crippen LogP contribution in [0.4, 0.5) is 0 Å². The van der Waals surface area contributed by atoms with Gasteiger partial charge in [-0.05, 0) is 38.0 Å². The average molecular weight is 280 g/mol. The van der Waals surface area contributed by atoms with Gasteiger partial charge in [0.25, 0.3) is 0 Å². The topological polar surface area (TPSA) is 24.5 Å². The summed E-state index contributed by atoms with van der Waals surface area (Å²) >= 11 is 0. The molecule has 0 aromatic heterocycles. The fraction of sp³-hybridized carbons (Fsp3) is 1.00. The van der Waals surface area contributed by atoms with Crippen LogP contribution < -0.4 is 5.32 Å². The molecule has 0 amide bonds. The average Bonchev–Trinajstić information content (AvgIpc) is 3.14. The van der Waals surface area contributed by atoms with Crippen molar-refractivity contribution in [2.45, 2.75) is 69.9 Å². The molecule has 1 unspecified atom stereocenters. The lowest BCUT2D eigenvalue weighted by molar-refractivity contribution is -0.00727. The minimum Gasteiger partial charge on any atom is -0.381 e. The van der Waals surface area contributed by atoms with Crippen molar-refractivity contribution in [3.63, 3.8) is 0 Å². The highest BCUT2D eigenvalue weighted by atomic mass is 16.5. The summed E-state index contributed by atoms with van der Waals surface area (Å²) in [5.41, 5.74) is 0.823. The number of piperazine rings is 1. The summed E-state index contributed by atoms with van der Waals surface area (Å²) in [6.45, 7) is 10.4. The first-order valence-corrected chi connectivity index (χ1v) is 8.80. The van der Waals surface area contributed by atoms with Crippen molar-refractivity contribution >= 4 is 0 Å². The van der Waals surface area contributed by atoms with Crippen LogP contribution in [-0.2, 0) is 4.74 Å². The van der Waals surface area contributed by atoms with Crippen LogP contribution in [0.2, 0.25) is 0 Å². The highest BCUT2D eigenvalue weighted by molar-refractivity contribution is 5.07. The number of rotatable bonds is 4. The van der Waals surface area contributed by atoms with Gasteiger partial charge in [-0.25, -0.2) is 0 Å². The molecule has 2 heterocycles. The standard InChI is InChI=1S/C17H32N2O/c1-3-16(4-2)14-19(11-15-7-10-20-12-15)17(13-18-16)8-5-6-9-17/h15,18H,3-14H2,1-2H3. The number of nitrogens with zero attached hydrogens (tertiary/aromatic N) is 1. The Hall–Kier alpha value is -0.120. The Morgan fingerprint density at radius 2 is 1.95 bits per heavy atom. The molecular formula is C17H32N2O. The lowest BCUT2D eigenvalue weighted by Gasteiger charge is -2.54. The molecule has 3 nitrogen and oxygen atoms in total. The molecule has 3 fully saturated rings. The van der Waals surface area contributed by atoms with E-state index >= 15 is 0 Å². The minimum absolute atomic E-state index is 0.354. The van der Waals surface area contributed by atoms with Gasteiger partial charge in [-0.1, -0.05) is 26.7 Å². The van der Waals surface area contributed by atoms with Gasteiger partial charge in [0, 0.05) is 37.3 Å². The summed E-state index contributed by atoms with van der Waals surface area (Å²) in [5, 5.41) is 3.95. The molecule has 1 atom stereocenters. The molecule has 3 aliphatic rings. The molecule has 1 spiro atoms. The van der Waals surface area contributed by atoms with Gasteiger partial charge >= 0.3 is 0 Å². The molecule has 0 bridgehead atoms. The van der Waals surface area contributed by atoms with E-state index in [9.17, 15) is 0 Å². The molecule has 0 aromatic carbocycles. The molecule has 0 aromatic rings. The highest BCUT2D eigenvalue weighted by Gasteiger charge is 2.47. The van der Waals surface area contributed by atoms with Gasteiger partial charge in [0.2, 0.25) is 0 Å². The third kappa shape index (κ3) is 2.65. The smallest absolute Gasteiger partial charge is 0.0507 e. The lowest BCUT2D eigenvalue weighted by atomic mass is 9.81. The molecule has 2 aliphatic heterocycles. The lowest BCUT2D eigenvalue weighted by Crippen LogP contribution is -2.69. The molecule has 20 heavy (non-hydrogen) atoms. The molecule has 1 aliphatic carbocycles. The van der Waals surface area contributed by atoms with E-state index in [1.807, 2.05) is 0 Å². The number of hydrogen-bond acceptors (Lipinski definition) is 3. The molecular weight excluding hydrogens is 248 g/mol. The predicted molar refractivity (Wildman–Crippen MR) is 83.0 cm³/mol. The number of hydrogen-bond donors (Lipinski definition) is 1. The Bertz CT molecular complexity index is 315. The predicted octanol–water partition coefficient (Wildman–Crippen LogP) is 2.80. The third-order valence-corrected chi connectivity index (χ3v) is 6.35. The SMILES string of the molecule is CCC1(CC)CN(CC2CCOC2)C2(CCCC2)CN1. The van der Waals surface area contributed by atoms with Crippen molar-refractivity contribution in [2.75, 3.05) is 32.8 Å². The summed E-state index contributed by atoms with van der Waals surface area (Å²) < 4.78 is 5.61. The second-order valence-electron chi connectivity index (χ2n) is 7.38. The largest absolute Gasteiger partial charge is 0.381 e. The van der Waals surface area contributed by atoms with Gasteiger partial charge in [-0.2, -0.15) is 0 Å². The zero-order valence-electron chi connectivity index (χ0n) is 13.4. The van der Waals surface area contributed by atoms with Crippen LogP contribution in [0.25, 0.3) is 0 Å². The van der Waals surface area contributed by atoms with E-state index in [-0.39, 0.29) is 0 Å². The molecule has 116 valence electrons. The second-order valence-corrected chi connectivity index (χ2v) is 7.38. The summed E-state index contributed by atoms with van der Waals surface area (Å²) in [5.74, 6) is 0.775. The second kappa shape index (κ2) is 5.94. The van der Waals surface area contributed by atoms with Crippen LogP contribution in [-0.4, -0.2) is 48.8 Å². The van der Waals surface area contributed by atoms with Crippen LogP contribution in [0.15, 0.2) is 0 Å². The monoisotopic (exact) mass is 280 g/mol. The van der Waals surface area contributed by atoms with Crippen LogP contribution in [0.5, 0.6) is 0 Å². The Morgan fingerprint density at radius 1 is 1.20 bits per heavy atom. The Balaban J connectivity index is 1.74. The van der Waals surface area contributed by atoms with Crippen molar-refractivity contribution < 1.29 is 4.74 Å². The Morgan fingerprint density at radius 3 is 2.55 bits per heavy atom. The fourth-order valence-corrected chi connectivity index (χ4v) is 4.60. The molecule has 2 saturated heterocycles. The Kier molecular flexibility index (Phi) is 4.40. The number of nitrogens with one attached hydrogen (secondary N) is 1. The van der Waals surface area contributed by atoms with Crippen LogP contribution in [0.3, 0.4) is 0 Å². The summed E-state index contributed by atoms with van der Waals surface area (Å²) in [6.07, 6.45) is 9.41. The molecule has 1 N–H and O–H groups in total. The van der Waals surface area contributed by atoms with Crippen molar-refractivity contribution in [3.8, 4) is 0 Å². The van der Waals surface area contributed by atoms with E-state index in [0.717, 1.165) is 19.1 Å². The van der Waals surface area contributed by atoms with Crippen LogP contribution >= 0.6 is 0 Å². The summed E-state index contributed by atoms with van der Waals surface area (Å²) in [4.78, 5) is 2.88. The van der Waals surface area contributed by atoms with E-state index < -0.39 is 0 Å². The minimum atomic E-state index is 0.354. The van der Waals surface area contributed by atoms with Gasteiger partial charge in [0.15, 0.2) is 0 Å². The molecule has 3 heteroatoms. The quantitative estimate of drug-likeness (QED) is 0.857. The summed E-state index contributed by atoms with van der Waals surface area (Å²) in [7, 11) is 0. The van der Waals surface area contributed by atoms with Gasteiger partial charge in [-0.15, -0.1) is 0 Å². The van der Waals surface area contributed by atoms with Crippen LogP contribution in [0.1, 0.15) is 58.8 Å². The maximum Gasteiger partial charge on any atom is 0.0507 e. The first kappa shape index (κ1) is 14.8. The van der Waals surface area contributed by atoms with Gasteiger partial charge in [-0.3, -0.25) is 4.90 Å². The van der Waals surface area contributed by atoms with E-state index in [1.54, 1.807) is 0 Å². The molecule has 3 rings (SSSR count). The van der Waals surface area contributed by atoms with Crippen molar-refractivity contribution in [1.82, 2.24) is 10.2 Å². The normalized spacial score (nSPS) is 33.0. The van der Waals surface area contributed by atoms with E-state index in [4.69, 9.17) is 4.74 Å². The van der Waals surface area contributed by atoms with E-state index in [2.05, 4.69) is 24.1 Å². The molecule has 1 saturated carbocycles. The van der Waals surface area contributed by atoms with Crippen molar-refractivity contribution in [1.29, 1.82) is 0 Å².